The molecule has 146 valence electrons. The Morgan fingerprint density at radius 2 is 1.85 bits per heavy atom. The van der Waals surface area contributed by atoms with Crippen LogP contribution in [0.4, 0.5) is 5.13 Å². The van der Waals surface area contributed by atoms with Gasteiger partial charge in [0.05, 0.1) is 11.3 Å². The molecular weight excluding hydrogens is 380 g/mol. The normalized spacial score (nSPS) is 11.0. The molecule has 1 heterocycles. The molecule has 0 unspecified atom stereocenters. The molecule has 0 saturated heterocycles. The summed E-state index contributed by atoms with van der Waals surface area (Å²) in [4.78, 5) is 25.3. The van der Waals surface area contributed by atoms with Gasteiger partial charge in [-0.3, -0.25) is 14.9 Å². The Balaban J connectivity index is 2.05. The third-order valence-electron chi connectivity index (χ3n) is 3.94. The van der Waals surface area contributed by atoms with Gasteiger partial charge >= 0.3 is 0 Å². The van der Waals surface area contributed by atoms with E-state index in [1.54, 1.807) is 6.07 Å². The average molecular weight is 407 g/mol. The van der Waals surface area contributed by atoms with Gasteiger partial charge in [-0.05, 0) is 38.8 Å². The van der Waals surface area contributed by atoms with Crippen molar-refractivity contribution < 1.29 is 9.59 Å². The molecule has 2 N–H and O–H groups in total. The Labute approximate surface area is 168 Å². The second-order valence-electron chi connectivity index (χ2n) is 6.42. The highest BCUT2D eigenvalue weighted by Crippen LogP contribution is 2.29. The van der Waals surface area contributed by atoms with Crippen molar-refractivity contribution in [3.05, 3.63) is 34.8 Å². The molecule has 27 heavy (non-hydrogen) atoms. The minimum absolute atomic E-state index is 0.0517. The van der Waals surface area contributed by atoms with Crippen LogP contribution in [0.3, 0.4) is 0 Å². The summed E-state index contributed by atoms with van der Waals surface area (Å²) in [5, 5.41) is 15.4. The van der Waals surface area contributed by atoms with Crippen LogP contribution in [-0.2, 0) is 4.79 Å². The van der Waals surface area contributed by atoms with E-state index in [-0.39, 0.29) is 23.6 Å². The molecule has 0 aliphatic carbocycles. The van der Waals surface area contributed by atoms with Gasteiger partial charge in [0.15, 0.2) is 0 Å². The van der Waals surface area contributed by atoms with E-state index >= 15 is 0 Å². The lowest BCUT2D eigenvalue weighted by Crippen LogP contribution is -2.31. The van der Waals surface area contributed by atoms with Crippen LogP contribution < -0.4 is 10.6 Å². The second kappa shape index (κ2) is 10.4. The average Bonchev–Trinajstić information content (AvgIpc) is 3.09. The van der Waals surface area contributed by atoms with Crippen molar-refractivity contribution in [1.29, 1.82) is 0 Å². The molecular formula is C19H26N4O2S2. The Morgan fingerprint density at radius 3 is 2.52 bits per heavy atom. The van der Waals surface area contributed by atoms with Crippen molar-refractivity contribution in [2.45, 2.75) is 57.4 Å². The molecule has 1 aromatic heterocycles. The van der Waals surface area contributed by atoms with Gasteiger partial charge in [0.25, 0.3) is 5.91 Å². The molecule has 2 rings (SSSR count). The number of amides is 2. The fourth-order valence-corrected chi connectivity index (χ4v) is 4.41. The lowest BCUT2D eigenvalue weighted by molar-refractivity contribution is -0.119. The van der Waals surface area contributed by atoms with Crippen LogP contribution in [0.15, 0.2) is 29.2 Å². The number of rotatable bonds is 9. The second-order valence-corrected chi connectivity index (χ2v) is 8.45. The third-order valence-corrected chi connectivity index (χ3v) is 6.01. The largest absolute Gasteiger partial charge is 0.353 e. The maximum atomic E-state index is 12.7. The molecule has 0 bridgehead atoms. The minimum Gasteiger partial charge on any atom is -0.353 e. The maximum Gasteiger partial charge on any atom is 0.258 e. The molecule has 8 heteroatoms. The van der Waals surface area contributed by atoms with Crippen LogP contribution >= 0.6 is 23.1 Å². The molecule has 0 aliphatic heterocycles. The SMILES string of the molecule is CCC(CC)c1nnc(NC(=O)c2ccccc2SCC(=O)NC(C)C)s1. The highest BCUT2D eigenvalue weighted by molar-refractivity contribution is 8.00. The van der Waals surface area contributed by atoms with Crippen LogP contribution in [-0.4, -0.2) is 33.8 Å². The van der Waals surface area contributed by atoms with Crippen LogP contribution in [0.2, 0.25) is 0 Å². The van der Waals surface area contributed by atoms with Crippen molar-refractivity contribution in [3.63, 3.8) is 0 Å². The van der Waals surface area contributed by atoms with Gasteiger partial charge in [-0.1, -0.05) is 37.3 Å². The van der Waals surface area contributed by atoms with Crippen molar-refractivity contribution >= 4 is 40.0 Å². The first-order chi connectivity index (χ1) is 12.9. The van der Waals surface area contributed by atoms with E-state index in [4.69, 9.17) is 0 Å². The minimum atomic E-state index is -0.241. The molecule has 2 aromatic rings. The first kappa shape index (κ1) is 21.4. The Hall–Kier alpha value is -1.93. The maximum absolute atomic E-state index is 12.7. The molecule has 0 saturated carbocycles. The van der Waals surface area contributed by atoms with E-state index in [0.29, 0.717) is 16.6 Å². The van der Waals surface area contributed by atoms with E-state index in [1.165, 1.54) is 23.1 Å². The topological polar surface area (TPSA) is 84.0 Å². The zero-order chi connectivity index (χ0) is 19.8. The van der Waals surface area contributed by atoms with Crippen LogP contribution in [0.1, 0.15) is 61.8 Å². The molecule has 0 radical (unpaired) electrons. The quantitative estimate of drug-likeness (QED) is 0.606. The van der Waals surface area contributed by atoms with Gasteiger partial charge < -0.3 is 5.32 Å². The van der Waals surface area contributed by atoms with Gasteiger partial charge in [-0.2, -0.15) is 0 Å². The number of benzene rings is 1. The summed E-state index contributed by atoms with van der Waals surface area (Å²) in [5.74, 6) is 0.342. The van der Waals surface area contributed by atoms with Gasteiger partial charge in [0.1, 0.15) is 5.01 Å². The molecule has 0 atom stereocenters. The molecule has 1 aromatic carbocycles. The number of carbonyl (C=O) groups excluding carboxylic acids is 2. The Kier molecular flexibility index (Phi) is 8.24. The molecule has 0 fully saturated rings. The Bertz CT molecular complexity index is 773. The molecule has 0 spiro atoms. The number of nitrogens with zero attached hydrogens (tertiary/aromatic N) is 2. The summed E-state index contributed by atoms with van der Waals surface area (Å²) in [7, 11) is 0. The summed E-state index contributed by atoms with van der Waals surface area (Å²) in [5.41, 5.74) is 0.527. The van der Waals surface area contributed by atoms with Gasteiger partial charge in [0, 0.05) is 16.9 Å². The van der Waals surface area contributed by atoms with Gasteiger partial charge in [0.2, 0.25) is 11.0 Å². The van der Waals surface area contributed by atoms with Crippen molar-refractivity contribution in [2.24, 2.45) is 0 Å². The number of carbonyl (C=O) groups is 2. The van der Waals surface area contributed by atoms with Crippen LogP contribution in [0.5, 0.6) is 0 Å². The first-order valence-electron chi connectivity index (χ1n) is 9.10. The standard InChI is InChI=1S/C19H26N4O2S2/c1-5-13(6-2)18-22-23-19(27-18)21-17(25)14-9-7-8-10-15(14)26-11-16(24)20-12(3)4/h7-10,12-13H,5-6,11H2,1-4H3,(H,20,24)(H,21,23,25). The van der Waals surface area contributed by atoms with Crippen molar-refractivity contribution in [1.82, 2.24) is 15.5 Å². The summed E-state index contributed by atoms with van der Waals surface area (Å²) < 4.78 is 0. The highest BCUT2D eigenvalue weighted by atomic mass is 32.2. The predicted octanol–water partition coefficient (Wildman–Crippen LogP) is 4.31. The van der Waals surface area contributed by atoms with Gasteiger partial charge in [-0.15, -0.1) is 22.0 Å². The number of thioether (sulfide) groups is 1. The number of hydrogen-bond donors (Lipinski definition) is 2. The van der Waals surface area contributed by atoms with E-state index in [2.05, 4.69) is 34.7 Å². The number of nitrogens with one attached hydrogen (secondary N) is 2. The smallest absolute Gasteiger partial charge is 0.258 e. The van der Waals surface area contributed by atoms with E-state index in [1.807, 2.05) is 32.0 Å². The lowest BCUT2D eigenvalue weighted by atomic mass is 10.1. The van der Waals surface area contributed by atoms with Crippen LogP contribution in [0.25, 0.3) is 0 Å². The monoisotopic (exact) mass is 406 g/mol. The zero-order valence-corrected chi connectivity index (χ0v) is 17.7. The predicted molar refractivity (Wildman–Crippen MR) is 112 cm³/mol. The molecule has 2 amide bonds. The third kappa shape index (κ3) is 6.32. The van der Waals surface area contributed by atoms with Crippen LogP contribution in [0, 0.1) is 0 Å². The van der Waals surface area contributed by atoms with Gasteiger partial charge in [-0.25, -0.2) is 0 Å². The van der Waals surface area contributed by atoms with E-state index in [9.17, 15) is 9.59 Å². The van der Waals surface area contributed by atoms with Crippen molar-refractivity contribution in [3.8, 4) is 0 Å². The molecule has 6 nitrogen and oxygen atoms in total. The number of aromatic nitrogens is 2. The summed E-state index contributed by atoms with van der Waals surface area (Å²) in [6, 6.07) is 7.36. The van der Waals surface area contributed by atoms with E-state index in [0.717, 1.165) is 22.7 Å². The summed E-state index contributed by atoms with van der Waals surface area (Å²) in [6.07, 6.45) is 1.99. The van der Waals surface area contributed by atoms with E-state index < -0.39 is 0 Å². The fraction of sp³-hybridized carbons (Fsp3) is 0.474. The van der Waals surface area contributed by atoms with Crippen molar-refractivity contribution in [2.75, 3.05) is 11.1 Å². The highest BCUT2D eigenvalue weighted by Gasteiger charge is 2.17. The Morgan fingerprint density at radius 1 is 1.15 bits per heavy atom. The lowest BCUT2D eigenvalue weighted by Gasteiger charge is -2.10. The fourth-order valence-electron chi connectivity index (χ4n) is 2.54. The number of hydrogen-bond acceptors (Lipinski definition) is 6. The first-order valence-corrected chi connectivity index (χ1v) is 10.9. The summed E-state index contributed by atoms with van der Waals surface area (Å²) >= 11 is 2.77. The number of anilines is 1. The molecule has 0 aliphatic rings. The summed E-state index contributed by atoms with van der Waals surface area (Å²) in [6.45, 7) is 8.08. The zero-order valence-electron chi connectivity index (χ0n) is 16.1.